The van der Waals surface area contributed by atoms with E-state index in [1.54, 1.807) is 37.3 Å². The first-order chi connectivity index (χ1) is 10.8. The van der Waals surface area contributed by atoms with Crippen LogP contribution in [0.2, 0.25) is 5.02 Å². The normalized spacial score (nSPS) is 12.7. The highest BCUT2D eigenvalue weighted by atomic mass is 35.5. The van der Waals surface area contributed by atoms with Gasteiger partial charge in [-0.1, -0.05) is 41.9 Å². The number of halogens is 4. The zero-order valence-electron chi connectivity index (χ0n) is 12.3. The van der Waals surface area contributed by atoms with Crippen LogP contribution in [0.25, 0.3) is 0 Å². The van der Waals surface area contributed by atoms with E-state index >= 15 is 0 Å². The molecule has 0 fully saturated rings. The number of carbonyl (C=O) groups is 1. The van der Waals surface area contributed by atoms with Gasteiger partial charge in [0.1, 0.15) is 0 Å². The molecule has 0 heterocycles. The molecule has 0 aliphatic carbocycles. The van der Waals surface area contributed by atoms with Crippen molar-refractivity contribution in [2.45, 2.75) is 25.6 Å². The van der Waals surface area contributed by atoms with Crippen LogP contribution in [-0.2, 0) is 17.4 Å². The fourth-order valence-corrected chi connectivity index (χ4v) is 2.38. The zero-order chi connectivity index (χ0) is 17.0. The van der Waals surface area contributed by atoms with Gasteiger partial charge in [0.15, 0.2) is 0 Å². The van der Waals surface area contributed by atoms with Crippen LogP contribution in [-0.4, -0.2) is 5.91 Å². The lowest BCUT2D eigenvalue weighted by Gasteiger charge is -2.16. The first-order valence-corrected chi connectivity index (χ1v) is 7.35. The monoisotopic (exact) mass is 341 g/mol. The number of alkyl halides is 3. The zero-order valence-corrected chi connectivity index (χ0v) is 13.1. The predicted molar refractivity (Wildman–Crippen MR) is 83.2 cm³/mol. The van der Waals surface area contributed by atoms with E-state index in [0.29, 0.717) is 16.1 Å². The summed E-state index contributed by atoms with van der Waals surface area (Å²) < 4.78 is 38.2. The molecule has 1 N–H and O–H groups in total. The maximum atomic E-state index is 12.7. The molecule has 1 amide bonds. The van der Waals surface area contributed by atoms with Gasteiger partial charge in [-0.05, 0) is 36.2 Å². The molecule has 23 heavy (non-hydrogen) atoms. The van der Waals surface area contributed by atoms with E-state index in [1.165, 1.54) is 6.07 Å². The smallest absolute Gasteiger partial charge is 0.349 e. The van der Waals surface area contributed by atoms with Crippen LogP contribution in [0.1, 0.15) is 29.7 Å². The number of rotatable bonds is 4. The second-order valence-electron chi connectivity index (χ2n) is 5.18. The summed E-state index contributed by atoms with van der Waals surface area (Å²) in [6.07, 6.45) is -4.33. The van der Waals surface area contributed by atoms with E-state index < -0.39 is 17.8 Å². The highest BCUT2D eigenvalue weighted by Crippen LogP contribution is 2.30. The molecule has 2 aromatic carbocycles. The summed E-state index contributed by atoms with van der Waals surface area (Å²) in [5.74, 6) is -0.303. The second kappa shape index (κ2) is 7.04. The number of hydrogen-bond donors (Lipinski definition) is 1. The standard InChI is InChI=1S/C17H15ClF3NO/c1-11(12-6-4-7-14(9-12)17(19,20)21)22-16(23)10-13-5-2-3-8-15(13)18/h2-9,11H,10H2,1H3,(H,22,23)/t11-/m1/s1. The molecular weight excluding hydrogens is 327 g/mol. The fourth-order valence-electron chi connectivity index (χ4n) is 2.17. The lowest BCUT2D eigenvalue weighted by atomic mass is 10.0. The van der Waals surface area contributed by atoms with Gasteiger partial charge in [-0.3, -0.25) is 4.79 Å². The van der Waals surface area contributed by atoms with Gasteiger partial charge in [-0.2, -0.15) is 13.2 Å². The Morgan fingerprint density at radius 1 is 1.17 bits per heavy atom. The Bertz CT molecular complexity index is 700. The van der Waals surface area contributed by atoms with Crippen LogP contribution in [0.5, 0.6) is 0 Å². The third-order valence-electron chi connectivity index (χ3n) is 3.40. The lowest BCUT2D eigenvalue weighted by molar-refractivity contribution is -0.137. The van der Waals surface area contributed by atoms with E-state index in [1.807, 2.05) is 0 Å². The van der Waals surface area contributed by atoms with Gasteiger partial charge in [0.2, 0.25) is 5.91 Å². The van der Waals surface area contributed by atoms with Crippen molar-refractivity contribution in [2.24, 2.45) is 0 Å². The van der Waals surface area contributed by atoms with Crippen LogP contribution < -0.4 is 5.32 Å². The molecule has 0 unspecified atom stereocenters. The molecule has 0 bridgehead atoms. The van der Waals surface area contributed by atoms with Crippen LogP contribution >= 0.6 is 11.6 Å². The summed E-state index contributed by atoms with van der Waals surface area (Å²) in [7, 11) is 0. The van der Waals surface area contributed by atoms with E-state index in [-0.39, 0.29) is 12.3 Å². The number of hydrogen-bond acceptors (Lipinski definition) is 1. The van der Waals surface area contributed by atoms with Crippen molar-refractivity contribution >= 4 is 17.5 Å². The Labute approximate surface area is 137 Å². The largest absolute Gasteiger partial charge is 0.416 e. The molecule has 2 rings (SSSR count). The van der Waals surface area contributed by atoms with Crippen LogP contribution in [0.4, 0.5) is 13.2 Å². The maximum Gasteiger partial charge on any atom is 0.416 e. The Balaban J connectivity index is 2.06. The third kappa shape index (κ3) is 4.73. The molecule has 6 heteroatoms. The van der Waals surface area contributed by atoms with Crippen molar-refractivity contribution < 1.29 is 18.0 Å². The SMILES string of the molecule is C[C@@H](NC(=O)Cc1ccccc1Cl)c1cccc(C(F)(F)F)c1. The van der Waals surface area contributed by atoms with Crippen LogP contribution in [0.3, 0.4) is 0 Å². The lowest BCUT2D eigenvalue weighted by Crippen LogP contribution is -2.28. The minimum atomic E-state index is -4.41. The number of amides is 1. The Morgan fingerprint density at radius 2 is 1.87 bits per heavy atom. The minimum Gasteiger partial charge on any atom is -0.349 e. The molecule has 0 spiro atoms. The van der Waals surface area contributed by atoms with Crippen molar-refractivity contribution in [1.82, 2.24) is 5.32 Å². The van der Waals surface area contributed by atoms with E-state index in [0.717, 1.165) is 12.1 Å². The molecule has 0 aromatic heterocycles. The summed E-state index contributed by atoms with van der Waals surface area (Å²) in [5.41, 5.74) is 0.331. The van der Waals surface area contributed by atoms with Gasteiger partial charge in [0.25, 0.3) is 0 Å². The van der Waals surface area contributed by atoms with E-state index in [4.69, 9.17) is 11.6 Å². The molecule has 2 nitrogen and oxygen atoms in total. The van der Waals surface area contributed by atoms with Gasteiger partial charge in [0, 0.05) is 5.02 Å². The highest BCUT2D eigenvalue weighted by molar-refractivity contribution is 6.31. The first kappa shape index (κ1) is 17.3. The molecule has 0 aliphatic heterocycles. The van der Waals surface area contributed by atoms with Crippen LogP contribution in [0.15, 0.2) is 48.5 Å². The van der Waals surface area contributed by atoms with Gasteiger partial charge >= 0.3 is 6.18 Å². The van der Waals surface area contributed by atoms with Crippen molar-refractivity contribution in [3.63, 3.8) is 0 Å². The summed E-state index contributed by atoms with van der Waals surface area (Å²) in [6.45, 7) is 1.64. The van der Waals surface area contributed by atoms with Gasteiger partial charge in [0.05, 0.1) is 18.0 Å². The van der Waals surface area contributed by atoms with E-state index in [2.05, 4.69) is 5.32 Å². The van der Waals surface area contributed by atoms with Crippen molar-refractivity contribution in [3.05, 3.63) is 70.2 Å². The summed E-state index contributed by atoms with van der Waals surface area (Å²) in [4.78, 5) is 12.0. The van der Waals surface area contributed by atoms with Gasteiger partial charge in [-0.15, -0.1) is 0 Å². The Kier molecular flexibility index (Phi) is 5.31. The van der Waals surface area contributed by atoms with Crippen molar-refractivity contribution in [1.29, 1.82) is 0 Å². The topological polar surface area (TPSA) is 29.1 Å². The van der Waals surface area contributed by atoms with Gasteiger partial charge < -0.3 is 5.32 Å². The Hall–Kier alpha value is -2.01. The molecule has 122 valence electrons. The second-order valence-corrected chi connectivity index (χ2v) is 5.59. The Morgan fingerprint density at radius 3 is 2.52 bits per heavy atom. The number of carbonyl (C=O) groups excluding carboxylic acids is 1. The number of nitrogens with one attached hydrogen (secondary N) is 1. The van der Waals surface area contributed by atoms with E-state index in [9.17, 15) is 18.0 Å². The fraction of sp³-hybridized carbons (Fsp3) is 0.235. The molecule has 0 aliphatic rings. The van der Waals surface area contributed by atoms with Gasteiger partial charge in [-0.25, -0.2) is 0 Å². The quantitative estimate of drug-likeness (QED) is 0.852. The molecular formula is C17H15ClF3NO. The molecule has 0 saturated carbocycles. The maximum absolute atomic E-state index is 12.7. The highest BCUT2D eigenvalue weighted by Gasteiger charge is 2.30. The minimum absolute atomic E-state index is 0.0724. The third-order valence-corrected chi connectivity index (χ3v) is 3.77. The molecule has 2 aromatic rings. The van der Waals surface area contributed by atoms with Crippen molar-refractivity contribution in [3.8, 4) is 0 Å². The average molecular weight is 342 g/mol. The predicted octanol–water partition coefficient (Wildman–Crippen LogP) is 4.78. The first-order valence-electron chi connectivity index (χ1n) is 6.97. The summed E-state index contributed by atoms with van der Waals surface area (Å²) >= 11 is 5.99. The number of benzene rings is 2. The molecule has 1 atom stereocenters. The van der Waals surface area contributed by atoms with Crippen LogP contribution in [0, 0.1) is 0 Å². The summed E-state index contributed by atoms with van der Waals surface area (Å²) in [5, 5.41) is 3.17. The molecule has 0 saturated heterocycles. The van der Waals surface area contributed by atoms with Crippen molar-refractivity contribution in [2.75, 3.05) is 0 Å². The summed E-state index contributed by atoms with van der Waals surface area (Å²) in [6, 6.07) is 11.3. The average Bonchev–Trinajstić information content (AvgIpc) is 2.49. The molecule has 0 radical (unpaired) electrons.